The van der Waals surface area contributed by atoms with E-state index >= 15 is 0 Å². The fraction of sp³-hybridized carbons (Fsp3) is 0.611. The van der Waals surface area contributed by atoms with Crippen molar-refractivity contribution in [2.45, 2.75) is 37.8 Å². The van der Waals surface area contributed by atoms with E-state index in [-0.39, 0.29) is 18.2 Å². The molecule has 1 fully saturated rings. The van der Waals surface area contributed by atoms with Crippen LogP contribution in [0, 0.1) is 0 Å². The van der Waals surface area contributed by atoms with Crippen molar-refractivity contribution in [2.75, 3.05) is 33.0 Å². The fourth-order valence-corrected chi connectivity index (χ4v) is 3.07. The standard InChI is InChI=1S/C18H26N2O4/c21-18(19-9-4-10-22-13-14-5-3-11-23-14)20-16-8-12-24-17-7-2-1-6-15(16)17/h1-2,6-7,14,16H,3-5,8-13H2,(H2,19,20,21)/t14-,16-/m1/s1. The van der Waals surface area contributed by atoms with Gasteiger partial charge < -0.3 is 24.8 Å². The lowest BCUT2D eigenvalue weighted by molar-refractivity contribution is 0.0167. The van der Waals surface area contributed by atoms with E-state index in [1.165, 1.54) is 0 Å². The molecule has 24 heavy (non-hydrogen) atoms. The van der Waals surface area contributed by atoms with Crippen molar-refractivity contribution in [3.63, 3.8) is 0 Å². The van der Waals surface area contributed by atoms with Crippen LogP contribution in [0.2, 0.25) is 0 Å². The van der Waals surface area contributed by atoms with E-state index in [0.29, 0.717) is 26.4 Å². The van der Waals surface area contributed by atoms with Crippen LogP contribution < -0.4 is 15.4 Å². The van der Waals surface area contributed by atoms with Gasteiger partial charge >= 0.3 is 6.03 Å². The number of amides is 2. The van der Waals surface area contributed by atoms with E-state index in [2.05, 4.69) is 10.6 Å². The molecule has 0 saturated carbocycles. The summed E-state index contributed by atoms with van der Waals surface area (Å²) in [6.45, 7) is 3.37. The molecule has 1 aromatic rings. The van der Waals surface area contributed by atoms with Gasteiger partial charge in [0.1, 0.15) is 5.75 Å². The number of urea groups is 1. The number of benzene rings is 1. The number of hydrogen-bond acceptors (Lipinski definition) is 4. The zero-order valence-electron chi connectivity index (χ0n) is 14.0. The van der Waals surface area contributed by atoms with Crippen molar-refractivity contribution < 1.29 is 19.0 Å². The Balaban J connectivity index is 1.30. The van der Waals surface area contributed by atoms with Crippen LogP contribution in [0.4, 0.5) is 4.79 Å². The summed E-state index contributed by atoms with van der Waals surface area (Å²) in [4.78, 5) is 12.0. The molecule has 2 atom stereocenters. The highest BCUT2D eigenvalue weighted by Crippen LogP contribution is 2.31. The van der Waals surface area contributed by atoms with Gasteiger partial charge in [-0.2, -0.15) is 0 Å². The third kappa shape index (κ3) is 4.85. The smallest absolute Gasteiger partial charge is 0.315 e. The van der Waals surface area contributed by atoms with Crippen LogP contribution in [-0.2, 0) is 9.47 Å². The zero-order valence-corrected chi connectivity index (χ0v) is 14.0. The maximum absolute atomic E-state index is 12.0. The van der Waals surface area contributed by atoms with Crippen molar-refractivity contribution in [3.05, 3.63) is 29.8 Å². The highest BCUT2D eigenvalue weighted by molar-refractivity contribution is 5.74. The first kappa shape index (κ1) is 17.0. The molecule has 1 saturated heterocycles. The van der Waals surface area contributed by atoms with Gasteiger partial charge in [0.25, 0.3) is 0 Å². The van der Waals surface area contributed by atoms with Crippen LogP contribution in [-0.4, -0.2) is 45.1 Å². The molecule has 0 unspecified atom stereocenters. The summed E-state index contributed by atoms with van der Waals surface area (Å²) in [6.07, 6.45) is 4.06. The Labute approximate surface area is 142 Å². The molecule has 6 nitrogen and oxygen atoms in total. The van der Waals surface area contributed by atoms with Gasteiger partial charge in [0.05, 0.1) is 25.4 Å². The first-order valence-corrected chi connectivity index (χ1v) is 8.78. The Hall–Kier alpha value is -1.79. The van der Waals surface area contributed by atoms with Crippen molar-refractivity contribution in [1.82, 2.24) is 10.6 Å². The molecule has 2 aliphatic rings. The quantitative estimate of drug-likeness (QED) is 0.751. The molecule has 0 aromatic heterocycles. The predicted molar refractivity (Wildman–Crippen MR) is 90.2 cm³/mol. The van der Waals surface area contributed by atoms with E-state index in [0.717, 1.165) is 43.6 Å². The van der Waals surface area contributed by atoms with Crippen LogP contribution in [0.25, 0.3) is 0 Å². The Morgan fingerprint density at radius 1 is 1.25 bits per heavy atom. The number of carbonyl (C=O) groups is 1. The molecule has 0 aliphatic carbocycles. The number of hydrogen-bond donors (Lipinski definition) is 2. The molecule has 132 valence electrons. The number of carbonyl (C=O) groups excluding carboxylic acids is 1. The Kier molecular flexibility index (Phi) is 6.32. The van der Waals surface area contributed by atoms with Gasteiger partial charge in [-0.15, -0.1) is 0 Å². The minimum Gasteiger partial charge on any atom is -0.493 e. The molecule has 0 bridgehead atoms. The van der Waals surface area contributed by atoms with E-state index < -0.39 is 0 Å². The van der Waals surface area contributed by atoms with Crippen LogP contribution in [0.3, 0.4) is 0 Å². The molecular weight excluding hydrogens is 308 g/mol. The van der Waals surface area contributed by atoms with Crippen molar-refractivity contribution >= 4 is 6.03 Å². The lowest BCUT2D eigenvalue weighted by Crippen LogP contribution is -2.40. The Bertz CT molecular complexity index is 532. The normalized spacial score (nSPS) is 22.5. The van der Waals surface area contributed by atoms with Gasteiger partial charge in [-0.05, 0) is 25.3 Å². The second-order valence-corrected chi connectivity index (χ2v) is 6.19. The van der Waals surface area contributed by atoms with E-state index in [1.807, 2.05) is 24.3 Å². The second-order valence-electron chi connectivity index (χ2n) is 6.19. The maximum atomic E-state index is 12.0. The van der Waals surface area contributed by atoms with Crippen molar-refractivity contribution in [2.24, 2.45) is 0 Å². The van der Waals surface area contributed by atoms with E-state index in [4.69, 9.17) is 14.2 Å². The summed E-state index contributed by atoms with van der Waals surface area (Å²) in [5, 5.41) is 5.91. The lowest BCUT2D eigenvalue weighted by atomic mass is 10.0. The van der Waals surface area contributed by atoms with Gasteiger partial charge in [0.15, 0.2) is 0 Å². The SMILES string of the molecule is O=C(NCCCOC[C@H]1CCCO1)N[C@@H]1CCOc2ccccc21. The van der Waals surface area contributed by atoms with Crippen LogP contribution in [0.15, 0.2) is 24.3 Å². The number of nitrogens with one attached hydrogen (secondary N) is 2. The van der Waals surface area contributed by atoms with Crippen molar-refractivity contribution in [3.8, 4) is 5.75 Å². The molecule has 2 amide bonds. The molecule has 2 N–H and O–H groups in total. The maximum Gasteiger partial charge on any atom is 0.315 e. The molecule has 2 aliphatic heterocycles. The fourth-order valence-electron chi connectivity index (χ4n) is 3.07. The van der Waals surface area contributed by atoms with Crippen LogP contribution in [0.1, 0.15) is 37.3 Å². The van der Waals surface area contributed by atoms with Crippen molar-refractivity contribution in [1.29, 1.82) is 0 Å². The Morgan fingerprint density at radius 3 is 3.04 bits per heavy atom. The number of fused-ring (bicyclic) bond motifs is 1. The van der Waals surface area contributed by atoms with Gasteiger partial charge in [0.2, 0.25) is 0 Å². The summed E-state index contributed by atoms with van der Waals surface area (Å²) in [5.41, 5.74) is 1.04. The second kappa shape index (κ2) is 8.89. The van der Waals surface area contributed by atoms with E-state index in [9.17, 15) is 4.79 Å². The van der Waals surface area contributed by atoms with Gasteiger partial charge in [-0.25, -0.2) is 4.79 Å². The minimum absolute atomic E-state index is 0.00529. The van der Waals surface area contributed by atoms with Crippen LogP contribution >= 0.6 is 0 Å². The lowest BCUT2D eigenvalue weighted by Gasteiger charge is -2.26. The predicted octanol–water partition coefficient (Wildman–Crippen LogP) is 2.40. The number of para-hydroxylation sites is 1. The molecular formula is C18H26N2O4. The molecule has 3 rings (SSSR count). The summed E-state index contributed by atoms with van der Waals surface area (Å²) in [5.74, 6) is 0.858. The van der Waals surface area contributed by atoms with Gasteiger partial charge in [-0.1, -0.05) is 18.2 Å². The summed E-state index contributed by atoms with van der Waals surface area (Å²) >= 11 is 0. The minimum atomic E-state index is -0.143. The largest absolute Gasteiger partial charge is 0.493 e. The van der Waals surface area contributed by atoms with E-state index in [1.54, 1.807) is 0 Å². The molecule has 1 aromatic carbocycles. The Morgan fingerprint density at radius 2 is 2.17 bits per heavy atom. The first-order chi connectivity index (χ1) is 11.8. The number of ether oxygens (including phenoxy) is 3. The third-order valence-electron chi connectivity index (χ3n) is 4.34. The van der Waals surface area contributed by atoms with Gasteiger partial charge in [-0.3, -0.25) is 0 Å². The zero-order chi connectivity index (χ0) is 16.6. The highest BCUT2D eigenvalue weighted by Gasteiger charge is 2.22. The average Bonchev–Trinajstić information content (AvgIpc) is 3.12. The topological polar surface area (TPSA) is 68.8 Å². The monoisotopic (exact) mass is 334 g/mol. The molecule has 6 heteroatoms. The summed E-state index contributed by atoms with van der Waals surface area (Å²) in [6, 6.07) is 7.70. The molecule has 0 radical (unpaired) electrons. The van der Waals surface area contributed by atoms with Gasteiger partial charge in [0, 0.05) is 31.7 Å². The number of rotatable bonds is 7. The van der Waals surface area contributed by atoms with Crippen LogP contribution in [0.5, 0.6) is 5.75 Å². The molecule has 0 spiro atoms. The summed E-state index contributed by atoms with van der Waals surface area (Å²) in [7, 11) is 0. The average molecular weight is 334 g/mol. The summed E-state index contributed by atoms with van der Waals surface area (Å²) < 4.78 is 16.7. The molecule has 2 heterocycles. The third-order valence-corrected chi connectivity index (χ3v) is 4.34. The first-order valence-electron chi connectivity index (χ1n) is 8.78. The highest BCUT2D eigenvalue weighted by atomic mass is 16.5.